The Bertz CT molecular complexity index is 1310. The highest BCUT2D eigenvalue weighted by Gasteiger charge is 2.23. The fourth-order valence-corrected chi connectivity index (χ4v) is 8.48. The lowest BCUT2D eigenvalue weighted by molar-refractivity contribution is -0.150. The summed E-state index contributed by atoms with van der Waals surface area (Å²) in [6.07, 6.45) is 73.7. The maximum atomic E-state index is 13.3. The summed E-state index contributed by atoms with van der Waals surface area (Å²) in [6.45, 7) is 6.42. The molecule has 0 radical (unpaired) electrons. The van der Waals surface area contributed by atoms with E-state index in [1.165, 1.54) is 154 Å². The van der Waals surface area contributed by atoms with Crippen LogP contribution in [0.1, 0.15) is 278 Å². The van der Waals surface area contributed by atoms with Gasteiger partial charge in [0.15, 0.2) is 0 Å². The summed E-state index contributed by atoms with van der Waals surface area (Å²) >= 11 is 0. The van der Waals surface area contributed by atoms with Gasteiger partial charge in [0.05, 0.1) is 25.2 Å². The van der Waals surface area contributed by atoms with E-state index in [9.17, 15) is 19.8 Å². The molecule has 398 valence electrons. The molecule has 6 heteroatoms. The van der Waals surface area contributed by atoms with E-state index in [-0.39, 0.29) is 24.9 Å². The summed E-state index contributed by atoms with van der Waals surface area (Å²) in [4.78, 5) is 26.3. The van der Waals surface area contributed by atoms with Crippen LogP contribution in [-0.2, 0) is 14.3 Å². The minimum absolute atomic E-state index is 0.00664. The van der Waals surface area contributed by atoms with Crippen molar-refractivity contribution in [1.29, 1.82) is 0 Å². The van der Waals surface area contributed by atoms with Gasteiger partial charge in [-0.3, -0.25) is 9.59 Å². The zero-order chi connectivity index (χ0) is 50.2. The highest BCUT2D eigenvalue weighted by Crippen LogP contribution is 2.17. The number of aliphatic hydroxyl groups excluding tert-OH is 2. The van der Waals surface area contributed by atoms with E-state index in [2.05, 4.69) is 105 Å². The average Bonchev–Trinajstić information content (AvgIpc) is 3.34. The number of carbonyl (C=O) groups excluding carboxylic acids is 2. The summed E-state index contributed by atoms with van der Waals surface area (Å²) in [7, 11) is 0. The van der Waals surface area contributed by atoms with Crippen LogP contribution in [0.5, 0.6) is 0 Å². The normalized spacial score (nSPS) is 13.8. The van der Waals surface area contributed by atoms with E-state index in [0.29, 0.717) is 19.3 Å². The second-order valence-corrected chi connectivity index (χ2v) is 19.7. The summed E-state index contributed by atoms with van der Waals surface area (Å²) in [5.41, 5.74) is 0. The molecule has 0 aromatic rings. The van der Waals surface area contributed by atoms with Gasteiger partial charge in [-0.1, -0.05) is 260 Å². The Morgan fingerprint density at radius 2 is 0.768 bits per heavy atom. The Kier molecular flexibility index (Phi) is 53.6. The number of ether oxygens (including phenoxy) is 1. The van der Waals surface area contributed by atoms with Crippen LogP contribution in [-0.4, -0.2) is 46.9 Å². The number of rotatable bonds is 52. The average molecular weight is 963 g/mol. The molecular weight excluding hydrogens is 851 g/mol. The highest BCUT2D eigenvalue weighted by molar-refractivity contribution is 5.77. The van der Waals surface area contributed by atoms with Crippen LogP contribution in [0, 0.1) is 0 Å². The van der Waals surface area contributed by atoms with Crippen LogP contribution in [0.25, 0.3) is 0 Å². The van der Waals surface area contributed by atoms with Gasteiger partial charge in [-0.15, -0.1) is 0 Å². The zero-order valence-corrected chi connectivity index (χ0v) is 45.4. The van der Waals surface area contributed by atoms with Crippen molar-refractivity contribution >= 4 is 11.9 Å². The molecule has 0 bridgehead atoms. The number of hydrogen-bond acceptors (Lipinski definition) is 5. The molecular formula is C63H111NO5. The molecule has 0 aliphatic rings. The lowest BCUT2D eigenvalue weighted by Gasteiger charge is -2.24. The van der Waals surface area contributed by atoms with Crippen molar-refractivity contribution in [3.8, 4) is 0 Å². The Morgan fingerprint density at radius 3 is 1.19 bits per heavy atom. The molecule has 0 aliphatic carbocycles. The van der Waals surface area contributed by atoms with E-state index >= 15 is 0 Å². The van der Waals surface area contributed by atoms with Crippen molar-refractivity contribution in [3.63, 3.8) is 0 Å². The molecule has 0 fully saturated rings. The molecule has 0 aromatic carbocycles. The number of hydrogen-bond donors (Lipinski definition) is 3. The van der Waals surface area contributed by atoms with Crippen molar-refractivity contribution in [2.24, 2.45) is 0 Å². The summed E-state index contributed by atoms with van der Waals surface area (Å²) in [6, 6.07) is -0.739. The number of amides is 1. The van der Waals surface area contributed by atoms with Gasteiger partial charge in [-0.25, -0.2) is 0 Å². The fourth-order valence-electron chi connectivity index (χ4n) is 8.48. The monoisotopic (exact) mass is 962 g/mol. The summed E-state index contributed by atoms with van der Waals surface area (Å²) < 4.78 is 5.89. The Morgan fingerprint density at radius 1 is 0.435 bits per heavy atom. The first kappa shape index (κ1) is 66.0. The first-order valence-corrected chi connectivity index (χ1v) is 29.3. The first-order chi connectivity index (χ1) is 34.0. The van der Waals surface area contributed by atoms with Crippen LogP contribution in [0.4, 0.5) is 0 Å². The van der Waals surface area contributed by atoms with E-state index in [0.717, 1.165) is 77.0 Å². The maximum absolute atomic E-state index is 13.3. The van der Waals surface area contributed by atoms with Crippen molar-refractivity contribution in [1.82, 2.24) is 5.32 Å². The molecule has 0 rings (SSSR count). The van der Waals surface area contributed by atoms with Crippen LogP contribution < -0.4 is 5.32 Å². The third-order valence-corrected chi connectivity index (χ3v) is 12.9. The smallest absolute Gasteiger partial charge is 0.306 e. The van der Waals surface area contributed by atoms with Crippen LogP contribution in [0.15, 0.2) is 85.1 Å². The Hall–Kier alpha value is -2.96. The van der Waals surface area contributed by atoms with Crippen LogP contribution in [0.3, 0.4) is 0 Å². The predicted molar refractivity (Wildman–Crippen MR) is 301 cm³/mol. The molecule has 0 saturated heterocycles. The van der Waals surface area contributed by atoms with Gasteiger partial charge in [0.25, 0.3) is 0 Å². The second-order valence-electron chi connectivity index (χ2n) is 19.7. The van der Waals surface area contributed by atoms with Gasteiger partial charge >= 0.3 is 5.97 Å². The molecule has 0 spiro atoms. The molecule has 0 aromatic heterocycles. The number of esters is 1. The minimum Gasteiger partial charge on any atom is -0.461 e. The van der Waals surface area contributed by atoms with Crippen LogP contribution in [0.2, 0.25) is 0 Å². The molecule has 3 unspecified atom stereocenters. The molecule has 6 nitrogen and oxygen atoms in total. The molecule has 0 heterocycles. The Balaban J connectivity index is 4.67. The van der Waals surface area contributed by atoms with E-state index < -0.39 is 18.2 Å². The van der Waals surface area contributed by atoms with Crippen molar-refractivity contribution in [2.75, 3.05) is 6.61 Å². The predicted octanol–water partition coefficient (Wildman–Crippen LogP) is 18.3. The number of aliphatic hydroxyl groups is 2. The third-order valence-electron chi connectivity index (χ3n) is 12.9. The van der Waals surface area contributed by atoms with Crippen molar-refractivity contribution < 1.29 is 24.5 Å². The third kappa shape index (κ3) is 51.2. The summed E-state index contributed by atoms with van der Waals surface area (Å²) in [5.74, 6) is -0.589. The number of carbonyl (C=O) groups is 2. The van der Waals surface area contributed by atoms with E-state index in [1.807, 2.05) is 6.08 Å². The molecule has 3 N–H and O–H groups in total. The fraction of sp³-hybridized carbons (Fsp3) is 0.746. The molecule has 0 saturated carbocycles. The van der Waals surface area contributed by atoms with E-state index in [4.69, 9.17) is 4.74 Å². The highest BCUT2D eigenvalue weighted by atomic mass is 16.5. The molecule has 3 atom stereocenters. The Labute approximate surface area is 427 Å². The van der Waals surface area contributed by atoms with Gasteiger partial charge in [-0.05, 0) is 83.5 Å². The molecule has 69 heavy (non-hydrogen) atoms. The largest absolute Gasteiger partial charge is 0.461 e. The second kappa shape index (κ2) is 56.0. The standard InChI is InChI=1S/C63H111NO5/c1-4-7-10-13-16-19-22-25-28-30-31-32-35-38-41-44-47-50-53-56-63(68)69-59(54-51-48-45-42-39-36-33-27-24-21-18-15-12-9-6-3)57-62(67)64-60(58-65)61(66)55-52-49-46-43-40-37-34-29-26-23-20-17-14-11-8-5-2/h16,18-19,21,25,27-28,31-33,39,42,48,51,59-61,65-66H,4-15,17,20,22-24,26,29-30,34-38,40-41,43-47,49-50,52-58H2,1-3H3,(H,64,67)/b19-16-,21-18-,28-25-,32-31-,33-27-,42-39-,51-48-. The quantitative estimate of drug-likeness (QED) is 0.0321. The topological polar surface area (TPSA) is 95.9 Å². The molecule has 0 aliphatic heterocycles. The lowest BCUT2D eigenvalue weighted by Crippen LogP contribution is -2.46. The van der Waals surface area contributed by atoms with Crippen molar-refractivity contribution in [3.05, 3.63) is 85.1 Å². The van der Waals surface area contributed by atoms with E-state index in [1.54, 1.807) is 0 Å². The minimum atomic E-state index is -0.818. The summed E-state index contributed by atoms with van der Waals surface area (Å²) in [5, 5.41) is 23.9. The lowest BCUT2D eigenvalue weighted by atomic mass is 10.0. The number of allylic oxidation sites excluding steroid dienone is 13. The first-order valence-electron chi connectivity index (χ1n) is 29.3. The van der Waals surface area contributed by atoms with Gasteiger partial charge < -0.3 is 20.3 Å². The van der Waals surface area contributed by atoms with Gasteiger partial charge in [0.1, 0.15) is 6.10 Å². The maximum Gasteiger partial charge on any atom is 0.306 e. The van der Waals surface area contributed by atoms with Gasteiger partial charge in [0, 0.05) is 12.8 Å². The number of unbranched alkanes of at least 4 members (excludes halogenated alkanes) is 27. The van der Waals surface area contributed by atoms with Crippen molar-refractivity contribution in [2.45, 2.75) is 296 Å². The number of nitrogens with one attached hydrogen (secondary N) is 1. The zero-order valence-electron chi connectivity index (χ0n) is 45.4. The van der Waals surface area contributed by atoms with Gasteiger partial charge in [0.2, 0.25) is 5.91 Å². The SMILES string of the molecule is CCCCC/C=C\C/C=C\C/C=C\C/C=C\CC(CC(=O)NC(CO)C(O)CCCCCCCCCCCCCCCCCC)OC(=O)CCCCCCCC/C=C\C/C=C\C/C=C\CCCCC. The van der Waals surface area contributed by atoms with Gasteiger partial charge in [-0.2, -0.15) is 0 Å². The molecule has 1 amide bonds. The van der Waals surface area contributed by atoms with Crippen LogP contribution >= 0.6 is 0 Å².